The van der Waals surface area contributed by atoms with E-state index in [1.54, 1.807) is 12.1 Å². The molecule has 1 atom stereocenters. The average molecular weight is 425 g/mol. The molecule has 0 radical (unpaired) electrons. The molecule has 0 aromatic heterocycles. The van der Waals surface area contributed by atoms with Crippen molar-refractivity contribution >= 4 is 5.91 Å². The summed E-state index contributed by atoms with van der Waals surface area (Å²) in [7, 11) is 0. The highest BCUT2D eigenvalue weighted by atomic mass is 19.4. The summed E-state index contributed by atoms with van der Waals surface area (Å²) in [6.45, 7) is 2.01. The van der Waals surface area contributed by atoms with Gasteiger partial charge in [0.2, 0.25) is 5.91 Å². The Morgan fingerprint density at radius 2 is 1.87 bits per heavy atom. The summed E-state index contributed by atoms with van der Waals surface area (Å²) in [5.74, 6) is 0.176. The van der Waals surface area contributed by atoms with Gasteiger partial charge < -0.3 is 15.8 Å². The minimum Gasteiger partial charge on any atom is -0.406 e. The number of nitrogens with two attached hydrogens (primary N) is 1. The molecule has 3 N–H and O–H groups in total. The second-order valence-corrected chi connectivity index (χ2v) is 8.53. The summed E-state index contributed by atoms with van der Waals surface area (Å²) in [6.07, 6.45) is 6.25. The molecule has 0 unspecified atom stereocenters. The first-order valence-corrected chi connectivity index (χ1v) is 10.9. The van der Waals surface area contributed by atoms with Crippen molar-refractivity contribution in [2.75, 3.05) is 0 Å². The number of benzene rings is 1. The Kier molecular flexibility index (Phi) is 6.98. The summed E-state index contributed by atoms with van der Waals surface area (Å²) < 4.78 is 41.1. The van der Waals surface area contributed by atoms with Crippen molar-refractivity contribution in [3.05, 3.63) is 41.6 Å². The van der Waals surface area contributed by atoms with E-state index in [2.05, 4.69) is 10.1 Å². The van der Waals surface area contributed by atoms with Crippen LogP contribution in [0.4, 0.5) is 13.2 Å². The van der Waals surface area contributed by atoms with Crippen LogP contribution in [0.15, 0.2) is 36.0 Å². The zero-order valence-electron chi connectivity index (χ0n) is 17.4. The van der Waals surface area contributed by atoms with Crippen molar-refractivity contribution in [3.63, 3.8) is 0 Å². The standard InChI is InChI=1S/C23H31F3N2O2/c1-2-6-19(27)20(15-16-7-4-3-5-8-16)28-21(29)22(13-14-22)17-9-11-18(12-10-17)30-23(24,25)26/h6,9-12,16,20H,2-5,7-8,13-15,27H2,1H3,(H,28,29)/b19-6-/t20-/m0/s1. The molecule has 3 rings (SSSR count). The first-order chi connectivity index (χ1) is 14.2. The molecule has 2 aliphatic carbocycles. The fourth-order valence-electron chi connectivity index (χ4n) is 4.46. The summed E-state index contributed by atoms with van der Waals surface area (Å²) in [6, 6.07) is 5.43. The van der Waals surface area contributed by atoms with E-state index < -0.39 is 11.8 Å². The molecule has 4 nitrogen and oxygen atoms in total. The van der Waals surface area contributed by atoms with E-state index in [0.29, 0.717) is 30.0 Å². The van der Waals surface area contributed by atoms with Gasteiger partial charge in [0, 0.05) is 5.70 Å². The molecule has 30 heavy (non-hydrogen) atoms. The SMILES string of the molecule is CC/C=C(\N)[C@H](CC1CCCCC1)NC(=O)C1(c2ccc(OC(F)(F)F)cc2)CC1. The number of rotatable bonds is 8. The zero-order chi connectivity index (χ0) is 21.8. The van der Waals surface area contributed by atoms with Crippen LogP contribution in [0.2, 0.25) is 0 Å². The van der Waals surface area contributed by atoms with E-state index >= 15 is 0 Å². The number of alkyl halides is 3. The summed E-state index contributed by atoms with van der Waals surface area (Å²) in [4.78, 5) is 13.2. The molecule has 2 saturated carbocycles. The predicted molar refractivity (Wildman–Crippen MR) is 110 cm³/mol. The highest BCUT2D eigenvalue weighted by Crippen LogP contribution is 2.49. The summed E-state index contributed by atoms with van der Waals surface area (Å²) >= 11 is 0. The van der Waals surface area contributed by atoms with Crippen LogP contribution in [-0.4, -0.2) is 18.3 Å². The van der Waals surface area contributed by atoms with Crippen molar-refractivity contribution in [2.45, 2.75) is 82.5 Å². The van der Waals surface area contributed by atoms with Gasteiger partial charge in [-0.2, -0.15) is 0 Å². The third-order valence-corrected chi connectivity index (χ3v) is 6.27. The Hall–Kier alpha value is -2.18. The molecule has 0 spiro atoms. The summed E-state index contributed by atoms with van der Waals surface area (Å²) in [5.41, 5.74) is 7.02. The maximum atomic E-state index is 13.2. The van der Waals surface area contributed by atoms with Crippen LogP contribution < -0.4 is 15.8 Å². The molecule has 0 bridgehead atoms. The molecule has 0 aliphatic heterocycles. The molecule has 1 amide bonds. The molecular formula is C23H31F3N2O2. The molecule has 2 fully saturated rings. The van der Waals surface area contributed by atoms with Gasteiger partial charge in [0.1, 0.15) is 5.75 Å². The van der Waals surface area contributed by atoms with Gasteiger partial charge in [-0.1, -0.05) is 57.2 Å². The molecule has 166 valence electrons. The van der Waals surface area contributed by atoms with E-state index in [0.717, 1.165) is 25.7 Å². The predicted octanol–water partition coefficient (Wildman–Crippen LogP) is 5.32. The smallest absolute Gasteiger partial charge is 0.406 e. The van der Waals surface area contributed by atoms with Crippen molar-refractivity contribution in [1.82, 2.24) is 5.32 Å². The van der Waals surface area contributed by atoms with Gasteiger partial charge in [-0.25, -0.2) is 0 Å². The fourth-order valence-corrected chi connectivity index (χ4v) is 4.46. The third kappa shape index (κ3) is 5.70. The molecule has 7 heteroatoms. The molecular weight excluding hydrogens is 393 g/mol. The third-order valence-electron chi connectivity index (χ3n) is 6.27. The number of carbonyl (C=O) groups is 1. The zero-order valence-corrected chi connectivity index (χ0v) is 17.4. The number of allylic oxidation sites excluding steroid dienone is 1. The van der Waals surface area contributed by atoms with Gasteiger partial charge in [0.15, 0.2) is 0 Å². The van der Waals surface area contributed by atoms with E-state index in [1.807, 2.05) is 13.0 Å². The minimum absolute atomic E-state index is 0.0970. The summed E-state index contributed by atoms with van der Waals surface area (Å²) in [5, 5.41) is 3.16. The van der Waals surface area contributed by atoms with Gasteiger partial charge in [0.05, 0.1) is 11.5 Å². The lowest BCUT2D eigenvalue weighted by molar-refractivity contribution is -0.274. The van der Waals surface area contributed by atoms with Gasteiger partial charge in [-0.15, -0.1) is 13.2 Å². The van der Waals surface area contributed by atoms with Crippen molar-refractivity contribution in [3.8, 4) is 5.75 Å². The molecule has 0 heterocycles. The van der Waals surface area contributed by atoms with Crippen LogP contribution in [0.1, 0.15) is 70.3 Å². The molecule has 1 aromatic carbocycles. The van der Waals surface area contributed by atoms with Crippen molar-refractivity contribution in [2.24, 2.45) is 11.7 Å². The average Bonchev–Trinajstić information content (AvgIpc) is 3.50. The quantitative estimate of drug-likeness (QED) is 0.593. The Balaban J connectivity index is 1.70. The molecule has 0 saturated heterocycles. The van der Waals surface area contributed by atoms with E-state index in [9.17, 15) is 18.0 Å². The Morgan fingerprint density at radius 3 is 2.40 bits per heavy atom. The fraction of sp³-hybridized carbons (Fsp3) is 0.609. The second kappa shape index (κ2) is 9.31. The van der Waals surface area contributed by atoms with Crippen LogP contribution in [0, 0.1) is 5.92 Å². The van der Waals surface area contributed by atoms with Crippen LogP contribution in [0.5, 0.6) is 5.75 Å². The maximum Gasteiger partial charge on any atom is 0.573 e. The normalized spacial score (nSPS) is 20.5. The van der Waals surface area contributed by atoms with Crippen LogP contribution in [0.25, 0.3) is 0 Å². The van der Waals surface area contributed by atoms with Crippen molar-refractivity contribution in [1.29, 1.82) is 0 Å². The van der Waals surface area contributed by atoms with Crippen LogP contribution >= 0.6 is 0 Å². The molecule has 2 aliphatic rings. The number of carbonyl (C=O) groups excluding carboxylic acids is 1. The van der Waals surface area contributed by atoms with E-state index in [4.69, 9.17) is 5.73 Å². The Bertz CT molecular complexity index is 749. The van der Waals surface area contributed by atoms with Gasteiger partial charge >= 0.3 is 6.36 Å². The maximum absolute atomic E-state index is 13.2. The highest BCUT2D eigenvalue weighted by Gasteiger charge is 2.51. The topological polar surface area (TPSA) is 64.3 Å². The van der Waals surface area contributed by atoms with E-state index in [1.165, 1.54) is 31.4 Å². The number of hydrogen-bond acceptors (Lipinski definition) is 3. The number of amides is 1. The lowest BCUT2D eigenvalue weighted by atomic mass is 9.83. The van der Waals surface area contributed by atoms with Crippen LogP contribution in [-0.2, 0) is 10.2 Å². The van der Waals surface area contributed by atoms with Gasteiger partial charge in [0.25, 0.3) is 0 Å². The highest BCUT2D eigenvalue weighted by molar-refractivity contribution is 5.91. The number of halogens is 3. The largest absolute Gasteiger partial charge is 0.573 e. The van der Waals surface area contributed by atoms with Crippen LogP contribution in [0.3, 0.4) is 0 Å². The second-order valence-electron chi connectivity index (χ2n) is 8.53. The first-order valence-electron chi connectivity index (χ1n) is 10.9. The molecule has 1 aromatic rings. The van der Waals surface area contributed by atoms with Crippen molar-refractivity contribution < 1.29 is 22.7 Å². The Labute approximate surface area is 176 Å². The lowest BCUT2D eigenvalue weighted by Gasteiger charge is -2.29. The lowest BCUT2D eigenvalue weighted by Crippen LogP contribution is -2.45. The number of hydrogen-bond donors (Lipinski definition) is 2. The number of ether oxygens (including phenoxy) is 1. The Morgan fingerprint density at radius 1 is 1.23 bits per heavy atom. The van der Waals surface area contributed by atoms with Gasteiger partial charge in [-0.3, -0.25) is 4.79 Å². The minimum atomic E-state index is -4.73. The first kappa shape index (κ1) is 22.5. The van der Waals surface area contributed by atoms with Gasteiger partial charge in [-0.05, 0) is 49.3 Å². The number of nitrogens with one attached hydrogen (secondary N) is 1. The van der Waals surface area contributed by atoms with E-state index in [-0.39, 0.29) is 17.7 Å². The monoisotopic (exact) mass is 424 g/mol.